The number of nitrogens with one attached hydrogen (secondary N) is 1. The van der Waals surface area contributed by atoms with E-state index in [9.17, 15) is 25.1 Å². The number of aromatic hydroxyl groups is 2. The summed E-state index contributed by atoms with van der Waals surface area (Å²) in [5.41, 5.74) is 3.21. The van der Waals surface area contributed by atoms with Crippen molar-refractivity contribution in [1.82, 2.24) is 15.1 Å². The Morgan fingerprint density at radius 2 is 1.84 bits per heavy atom. The van der Waals surface area contributed by atoms with Crippen molar-refractivity contribution in [1.29, 1.82) is 5.26 Å². The van der Waals surface area contributed by atoms with Gasteiger partial charge in [-0.2, -0.15) is 5.26 Å². The number of thioether (sulfide) groups is 1. The molecule has 15 nitrogen and oxygen atoms in total. The van der Waals surface area contributed by atoms with E-state index in [1.807, 2.05) is 19.1 Å². The van der Waals surface area contributed by atoms with Gasteiger partial charge in [0, 0.05) is 53.2 Å². The van der Waals surface area contributed by atoms with Crippen LogP contribution in [0.5, 0.6) is 40.2 Å². The lowest BCUT2D eigenvalue weighted by atomic mass is 9.71. The predicted octanol–water partition coefficient (Wildman–Crippen LogP) is 5.93. The first-order valence-corrected chi connectivity index (χ1v) is 21.5. The van der Waals surface area contributed by atoms with Crippen LogP contribution in [0.15, 0.2) is 30.9 Å². The van der Waals surface area contributed by atoms with E-state index in [4.69, 9.17) is 33.2 Å². The van der Waals surface area contributed by atoms with Gasteiger partial charge in [0.2, 0.25) is 6.79 Å². The minimum atomic E-state index is -1.43. The average molecular weight is 855 g/mol. The summed E-state index contributed by atoms with van der Waals surface area (Å²) in [5, 5.41) is 38.8. The highest BCUT2D eigenvalue weighted by Crippen LogP contribution is 2.64. The normalized spacial score (nSPS) is 27.4. The van der Waals surface area contributed by atoms with Gasteiger partial charge in [-0.05, 0) is 81.8 Å². The Bertz CT molecular complexity index is 2410. The molecular weight excluding hydrogens is 805 g/mol. The van der Waals surface area contributed by atoms with Crippen LogP contribution in [-0.4, -0.2) is 102 Å². The number of rotatable bonds is 5. The molecule has 3 aromatic carbocycles. The minimum absolute atomic E-state index is 0.0249. The molecule has 16 heteroatoms. The highest BCUT2D eigenvalue weighted by atomic mass is 32.2. The van der Waals surface area contributed by atoms with Crippen LogP contribution in [0.4, 0.5) is 4.79 Å². The maximum absolute atomic E-state index is 15.0. The number of ether oxygens (including phenoxy) is 7. The highest BCUT2D eigenvalue weighted by Gasteiger charge is 2.62. The summed E-state index contributed by atoms with van der Waals surface area (Å²) in [7, 11) is 2.99. The van der Waals surface area contributed by atoms with Crippen LogP contribution in [0.2, 0.25) is 0 Å². The van der Waals surface area contributed by atoms with Crippen LogP contribution in [-0.2, 0) is 32.6 Å². The van der Waals surface area contributed by atoms with Gasteiger partial charge in [0.15, 0.2) is 40.0 Å². The number of phenols is 2. The van der Waals surface area contributed by atoms with E-state index in [1.54, 1.807) is 39.8 Å². The monoisotopic (exact) mass is 854 g/mol. The van der Waals surface area contributed by atoms with Crippen molar-refractivity contribution in [2.75, 3.05) is 46.5 Å². The van der Waals surface area contributed by atoms with Crippen molar-refractivity contribution in [2.24, 2.45) is 0 Å². The molecule has 0 aliphatic carbocycles. The second-order valence-electron chi connectivity index (χ2n) is 17.4. The molecule has 0 radical (unpaired) electrons. The molecule has 2 fully saturated rings. The first-order chi connectivity index (χ1) is 29.2. The summed E-state index contributed by atoms with van der Waals surface area (Å²) >= 11 is 1.45. The van der Waals surface area contributed by atoms with Gasteiger partial charge in [0.05, 0.1) is 37.6 Å². The van der Waals surface area contributed by atoms with Crippen molar-refractivity contribution >= 4 is 23.9 Å². The van der Waals surface area contributed by atoms with E-state index < -0.39 is 52.7 Å². The van der Waals surface area contributed by atoms with Gasteiger partial charge in [-0.1, -0.05) is 12.1 Å². The first-order valence-electron chi connectivity index (χ1n) is 20.4. The first kappa shape index (κ1) is 41.0. The molecule has 1 spiro atoms. The number of carbonyl (C=O) groups excluding carboxylic acids is 2. The topological polar surface area (TPSA) is 182 Å². The third-order valence-corrected chi connectivity index (χ3v) is 14.4. The summed E-state index contributed by atoms with van der Waals surface area (Å²) in [5.74, 6) is 1.20. The fraction of sp³-hybridized carbons (Fsp3) is 0.489. The second kappa shape index (κ2) is 14.9. The Morgan fingerprint density at radius 3 is 2.54 bits per heavy atom. The molecule has 1 unspecified atom stereocenters. The number of nitriles is 1. The van der Waals surface area contributed by atoms with E-state index in [-0.39, 0.29) is 48.2 Å². The van der Waals surface area contributed by atoms with E-state index in [0.29, 0.717) is 71.0 Å². The lowest BCUT2D eigenvalue weighted by Gasteiger charge is -2.62. The SMILES string of the molecule is C=CCN1[C@H]2c3c(cc(C)c(OC)c3O)C[C@H]1[C@H](C#N)N1C2[C@@H]2SC[C@]3(NCCc4cc(OC(=O)OC(C)(C)C)c(OC)cc43)C(=O)OC[C@H]1c1c3c(c(C)c(O)c12)OCO3. The molecule has 3 aromatic rings. The van der Waals surface area contributed by atoms with E-state index >= 15 is 0 Å². The number of hydrogen-bond acceptors (Lipinski definition) is 16. The molecule has 10 rings (SSSR count). The molecule has 3 N–H and O–H groups in total. The number of phenolic OH excluding ortho intramolecular Hbond substituents is 2. The fourth-order valence-corrected chi connectivity index (χ4v) is 12.3. The number of methoxy groups -OCH3 is 2. The van der Waals surface area contributed by atoms with Gasteiger partial charge in [0.25, 0.3) is 0 Å². The Kier molecular flexibility index (Phi) is 10.0. The number of carbonyl (C=O) groups is 2. The molecule has 61 heavy (non-hydrogen) atoms. The Morgan fingerprint density at radius 1 is 1.07 bits per heavy atom. The Hall–Kier alpha value is -5.34. The standard InChI is InChI=1S/C45H50N4O11S/c1-9-12-48-26-14-24-13-21(2)38(55-8)37(51)31(24)34(48)35-41-33-32(40-39(57-20-58-40)22(3)36(33)50)28(49(35)27(26)17-46)18-56-42(52)45(19-61-41)25-16-29(54-7)30(15-23(25)10-11-47-45)59-43(53)60-44(4,5)6/h9,13,15-16,26-28,34-35,41,47,50-51H,1,10-12,14,18-20H2,2-8H3/t26-,27-,28-,34-,35?,41+,45+/m0/s1. The van der Waals surface area contributed by atoms with Gasteiger partial charge in [-0.25, -0.2) is 9.59 Å². The highest BCUT2D eigenvalue weighted by molar-refractivity contribution is 7.99. The fourth-order valence-electron chi connectivity index (χ4n) is 10.6. The quantitative estimate of drug-likeness (QED) is 0.156. The van der Waals surface area contributed by atoms with Crippen LogP contribution in [0.1, 0.15) is 82.6 Å². The maximum atomic E-state index is 15.0. The van der Waals surface area contributed by atoms with Gasteiger partial charge in [-0.15, -0.1) is 18.3 Å². The number of esters is 1. The lowest BCUT2D eigenvalue weighted by molar-refractivity contribution is -0.157. The van der Waals surface area contributed by atoms with E-state index in [1.165, 1.54) is 26.0 Å². The lowest BCUT2D eigenvalue weighted by Crippen LogP contribution is -2.70. The third-order valence-electron chi connectivity index (χ3n) is 12.9. The average Bonchev–Trinajstić information content (AvgIpc) is 3.70. The molecule has 7 aliphatic rings. The molecule has 7 atom stereocenters. The van der Waals surface area contributed by atoms with Crippen LogP contribution >= 0.6 is 11.8 Å². The summed E-state index contributed by atoms with van der Waals surface area (Å²) in [6.45, 7) is 13.5. The predicted molar refractivity (Wildman–Crippen MR) is 223 cm³/mol. The van der Waals surface area contributed by atoms with Gasteiger partial charge >= 0.3 is 12.1 Å². The van der Waals surface area contributed by atoms with Crippen LogP contribution in [0.25, 0.3) is 0 Å². The largest absolute Gasteiger partial charge is 0.514 e. The Balaban J connectivity index is 1.25. The van der Waals surface area contributed by atoms with Crippen molar-refractivity contribution < 1.29 is 53.0 Å². The maximum Gasteiger partial charge on any atom is 0.514 e. The number of benzene rings is 3. The molecule has 7 aliphatic heterocycles. The number of hydrogen-bond donors (Lipinski definition) is 3. The zero-order chi connectivity index (χ0) is 43.3. The van der Waals surface area contributed by atoms with Crippen molar-refractivity contribution in [3.05, 3.63) is 75.4 Å². The van der Waals surface area contributed by atoms with Crippen molar-refractivity contribution in [3.63, 3.8) is 0 Å². The van der Waals surface area contributed by atoms with Gasteiger partial charge < -0.3 is 43.4 Å². The minimum Gasteiger partial charge on any atom is -0.507 e. The summed E-state index contributed by atoms with van der Waals surface area (Å²) in [6.07, 6.45) is 1.88. The third kappa shape index (κ3) is 6.18. The van der Waals surface area contributed by atoms with Crippen molar-refractivity contribution in [3.8, 4) is 46.3 Å². The molecule has 0 amide bonds. The van der Waals surface area contributed by atoms with Crippen molar-refractivity contribution in [2.45, 2.75) is 94.1 Å². The number of fused-ring (bicyclic) bond motifs is 9. The van der Waals surface area contributed by atoms with Gasteiger partial charge in [0.1, 0.15) is 24.0 Å². The number of piperazine rings is 1. The molecule has 2 saturated heterocycles. The number of nitrogens with zero attached hydrogens (tertiary/aromatic N) is 3. The van der Waals surface area contributed by atoms with Gasteiger partial charge in [-0.3, -0.25) is 15.1 Å². The van der Waals surface area contributed by atoms with E-state index in [2.05, 4.69) is 27.8 Å². The van der Waals surface area contributed by atoms with Crippen LogP contribution in [0.3, 0.4) is 0 Å². The van der Waals surface area contributed by atoms with Crippen LogP contribution < -0.4 is 29.0 Å². The molecule has 7 heterocycles. The molecule has 0 saturated carbocycles. The number of aryl methyl sites for hydroxylation is 1. The molecule has 0 aromatic heterocycles. The second-order valence-corrected chi connectivity index (χ2v) is 18.5. The molecule has 4 bridgehead atoms. The molecular formula is C45H50N4O11S. The zero-order valence-electron chi connectivity index (χ0n) is 35.2. The smallest absolute Gasteiger partial charge is 0.507 e. The summed E-state index contributed by atoms with van der Waals surface area (Å²) in [4.78, 5) is 32.2. The van der Waals surface area contributed by atoms with E-state index in [0.717, 1.165) is 16.7 Å². The summed E-state index contributed by atoms with van der Waals surface area (Å²) < 4.78 is 41.3. The zero-order valence-corrected chi connectivity index (χ0v) is 36.1. The Labute approximate surface area is 358 Å². The van der Waals surface area contributed by atoms with Crippen LogP contribution in [0, 0.1) is 25.2 Å². The molecule has 322 valence electrons. The summed E-state index contributed by atoms with van der Waals surface area (Å²) in [6, 6.07) is 5.14.